The second kappa shape index (κ2) is 7.52. The molecule has 0 spiro atoms. The van der Waals surface area contributed by atoms with Gasteiger partial charge in [-0.3, -0.25) is 14.5 Å². The van der Waals surface area contributed by atoms with E-state index in [4.69, 9.17) is 8.94 Å². The molecular weight excluding hydrogens is 324 g/mol. The molecule has 1 fully saturated rings. The Balaban J connectivity index is 1.56. The lowest BCUT2D eigenvalue weighted by molar-refractivity contribution is -0.122. The summed E-state index contributed by atoms with van der Waals surface area (Å²) in [5, 5.41) is 6.58. The van der Waals surface area contributed by atoms with Crippen molar-refractivity contribution in [3.8, 4) is 0 Å². The topological polar surface area (TPSA) is 91.8 Å². The Kier molecular flexibility index (Phi) is 5.18. The molecule has 2 aromatic heterocycles. The number of aromatic nitrogens is 1. The van der Waals surface area contributed by atoms with Crippen LogP contribution in [0.25, 0.3) is 0 Å². The number of amides is 2. The lowest BCUT2D eigenvalue weighted by Crippen LogP contribution is -2.54. The standard InChI is InChI=1S/C17H22N4O4/c1-3-14(16(22)18-15-10-12(2)25-19-15)20-5-7-21(8-6-20)17(23)13-4-9-24-11-13/h4,9-11,14H,3,5-8H2,1-2H3,(H,18,19,22). The van der Waals surface area contributed by atoms with Gasteiger partial charge in [0.25, 0.3) is 5.91 Å². The molecule has 25 heavy (non-hydrogen) atoms. The fraction of sp³-hybridized carbons (Fsp3) is 0.471. The zero-order chi connectivity index (χ0) is 17.8. The smallest absolute Gasteiger partial charge is 0.257 e. The molecule has 3 heterocycles. The summed E-state index contributed by atoms with van der Waals surface area (Å²) in [5.41, 5.74) is 0.555. The van der Waals surface area contributed by atoms with E-state index in [-0.39, 0.29) is 17.9 Å². The monoisotopic (exact) mass is 346 g/mol. The highest BCUT2D eigenvalue weighted by atomic mass is 16.5. The Morgan fingerprint density at radius 3 is 2.64 bits per heavy atom. The first-order chi connectivity index (χ1) is 12.1. The first-order valence-electron chi connectivity index (χ1n) is 8.38. The average Bonchev–Trinajstić information content (AvgIpc) is 3.27. The lowest BCUT2D eigenvalue weighted by atomic mass is 10.1. The predicted octanol–water partition coefficient (Wildman–Crippen LogP) is 1.75. The number of anilines is 1. The zero-order valence-electron chi connectivity index (χ0n) is 14.4. The van der Waals surface area contributed by atoms with Gasteiger partial charge in [-0.2, -0.15) is 0 Å². The van der Waals surface area contributed by atoms with E-state index < -0.39 is 0 Å². The number of furan rings is 1. The maximum absolute atomic E-state index is 12.5. The van der Waals surface area contributed by atoms with Crippen molar-refractivity contribution in [3.63, 3.8) is 0 Å². The van der Waals surface area contributed by atoms with Gasteiger partial charge in [-0.1, -0.05) is 12.1 Å². The molecule has 1 aliphatic rings. The molecule has 1 atom stereocenters. The number of aryl methyl sites for hydroxylation is 1. The molecule has 8 heteroatoms. The van der Waals surface area contributed by atoms with Crippen molar-refractivity contribution in [1.82, 2.24) is 15.0 Å². The molecule has 134 valence electrons. The number of nitrogens with zero attached hydrogens (tertiary/aromatic N) is 3. The van der Waals surface area contributed by atoms with Crippen molar-refractivity contribution in [2.45, 2.75) is 26.3 Å². The van der Waals surface area contributed by atoms with Crippen LogP contribution in [0, 0.1) is 6.92 Å². The Morgan fingerprint density at radius 2 is 2.08 bits per heavy atom. The number of nitrogens with one attached hydrogen (secondary N) is 1. The van der Waals surface area contributed by atoms with E-state index in [1.807, 2.05) is 6.92 Å². The van der Waals surface area contributed by atoms with Gasteiger partial charge in [0.2, 0.25) is 5.91 Å². The number of hydrogen-bond acceptors (Lipinski definition) is 6. The summed E-state index contributed by atoms with van der Waals surface area (Å²) in [7, 11) is 0. The highest BCUT2D eigenvalue weighted by Gasteiger charge is 2.30. The Bertz CT molecular complexity index is 717. The number of carbonyl (C=O) groups excluding carboxylic acids is 2. The van der Waals surface area contributed by atoms with Crippen LogP contribution in [-0.4, -0.2) is 59.0 Å². The van der Waals surface area contributed by atoms with Gasteiger partial charge < -0.3 is 19.2 Å². The third-order valence-corrected chi connectivity index (χ3v) is 4.38. The van der Waals surface area contributed by atoms with Gasteiger partial charge in [0, 0.05) is 32.2 Å². The van der Waals surface area contributed by atoms with Gasteiger partial charge in [-0.05, 0) is 19.4 Å². The fourth-order valence-corrected chi connectivity index (χ4v) is 3.05. The molecule has 2 aromatic rings. The molecule has 0 radical (unpaired) electrons. The molecule has 0 bridgehead atoms. The van der Waals surface area contributed by atoms with Gasteiger partial charge in [0.15, 0.2) is 5.82 Å². The second-order valence-electron chi connectivity index (χ2n) is 6.08. The van der Waals surface area contributed by atoms with Crippen LogP contribution in [0.5, 0.6) is 0 Å². The number of carbonyl (C=O) groups is 2. The second-order valence-corrected chi connectivity index (χ2v) is 6.08. The van der Waals surface area contributed by atoms with Crippen molar-refractivity contribution in [3.05, 3.63) is 36.0 Å². The summed E-state index contributed by atoms with van der Waals surface area (Å²) in [6.07, 6.45) is 3.63. The molecule has 2 amide bonds. The van der Waals surface area contributed by atoms with E-state index in [1.165, 1.54) is 12.5 Å². The number of hydrogen-bond donors (Lipinski definition) is 1. The molecule has 0 aliphatic carbocycles. The van der Waals surface area contributed by atoms with Crippen LogP contribution in [-0.2, 0) is 4.79 Å². The van der Waals surface area contributed by atoms with E-state index in [9.17, 15) is 9.59 Å². The molecule has 0 saturated carbocycles. The van der Waals surface area contributed by atoms with Crippen molar-refractivity contribution < 1.29 is 18.5 Å². The Hall–Kier alpha value is -2.61. The Labute approximate surface area is 145 Å². The molecule has 1 saturated heterocycles. The van der Waals surface area contributed by atoms with Gasteiger partial charge >= 0.3 is 0 Å². The van der Waals surface area contributed by atoms with E-state index >= 15 is 0 Å². The van der Waals surface area contributed by atoms with Crippen LogP contribution < -0.4 is 5.32 Å². The normalized spacial score (nSPS) is 16.6. The first-order valence-corrected chi connectivity index (χ1v) is 8.38. The third kappa shape index (κ3) is 3.90. The average molecular weight is 346 g/mol. The molecule has 1 unspecified atom stereocenters. The van der Waals surface area contributed by atoms with E-state index in [0.717, 1.165) is 0 Å². The van der Waals surface area contributed by atoms with Crippen LogP contribution in [0.2, 0.25) is 0 Å². The van der Waals surface area contributed by atoms with Gasteiger partial charge in [0.05, 0.1) is 17.9 Å². The minimum atomic E-state index is -0.261. The van der Waals surface area contributed by atoms with Crippen molar-refractivity contribution in [2.75, 3.05) is 31.5 Å². The van der Waals surface area contributed by atoms with Crippen LogP contribution in [0.3, 0.4) is 0 Å². The fourth-order valence-electron chi connectivity index (χ4n) is 3.05. The van der Waals surface area contributed by atoms with Gasteiger partial charge in [-0.25, -0.2) is 0 Å². The van der Waals surface area contributed by atoms with E-state index in [2.05, 4.69) is 15.4 Å². The van der Waals surface area contributed by atoms with Crippen LogP contribution >= 0.6 is 0 Å². The maximum atomic E-state index is 12.5. The lowest BCUT2D eigenvalue weighted by Gasteiger charge is -2.38. The summed E-state index contributed by atoms with van der Waals surface area (Å²) < 4.78 is 9.94. The van der Waals surface area contributed by atoms with E-state index in [0.29, 0.717) is 49.7 Å². The summed E-state index contributed by atoms with van der Waals surface area (Å²) in [4.78, 5) is 28.7. The van der Waals surface area contributed by atoms with Crippen LogP contribution in [0.4, 0.5) is 5.82 Å². The quantitative estimate of drug-likeness (QED) is 0.887. The molecular formula is C17H22N4O4. The molecule has 0 aromatic carbocycles. The van der Waals surface area contributed by atoms with Crippen LogP contribution in [0.15, 0.2) is 33.6 Å². The summed E-state index contributed by atoms with van der Waals surface area (Å²) >= 11 is 0. The molecule has 3 rings (SSSR count). The third-order valence-electron chi connectivity index (χ3n) is 4.38. The van der Waals surface area contributed by atoms with Crippen molar-refractivity contribution >= 4 is 17.6 Å². The minimum Gasteiger partial charge on any atom is -0.472 e. The zero-order valence-corrected chi connectivity index (χ0v) is 14.4. The maximum Gasteiger partial charge on any atom is 0.257 e. The van der Waals surface area contributed by atoms with Gasteiger partial charge in [0.1, 0.15) is 12.0 Å². The van der Waals surface area contributed by atoms with Gasteiger partial charge in [-0.15, -0.1) is 0 Å². The highest BCUT2D eigenvalue weighted by molar-refractivity contribution is 5.94. The van der Waals surface area contributed by atoms with Crippen LogP contribution in [0.1, 0.15) is 29.5 Å². The van der Waals surface area contributed by atoms with Crippen molar-refractivity contribution in [1.29, 1.82) is 0 Å². The summed E-state index contributed by atoms with van der Waals surface area (Å²) in [6.45, 7) is 6.20. The van der Waals surface area contributed by atoms with E-state index in [1.54, 1.807) is 24.0 Å². The largest absolute Gasteiger partial charge is 0.472 e. The van der Waals surface area contributed by atoms with Crippen molar-refractivity contribution in [2.24, 2.45) is 0 Å². The highest BCUT2D eigenvalue weighted by Crippen LogP contribution is 2.15. The summed E-state index contributed by atoms with van der Waals surface area (Å²) in [5.74, 6) is 0.929. The molecule has 1 N–H and O–H groups in total. The number of piperazine rings is 1. The minimum absolute atomic E-state index is 0.0380. The summed E-state index contributed by atoms with van der Waals surface area (Å²) in [6, 6.07) is 3.09. The first kappa shape index (κ1) is 17.2. The number of rotatable bonds is 5. The molecule has 8 nitrogen and oxygen atoms in total. The Morgan fingerprint density at radius 1 is 1.32 bits per heavy atom. The predicted molar refractivity (Wildman–Crippen MR) is 90.1 cm³/mol. The molecule has 1 aliphatic heterocycles. The SMILES string of the molecule is CCC(C(=O)Nc1cc(C)on1)N1CCN(C(=O)c2ccoc2)CC1.